The fourth-order valence-corrected chi connectivity index (χ4v) is 2.57. The van der Waals surface area contributed by atoms with Crippen LogP contribution in [-0.4, -0.2) is 22.7 Å². The molecule has 0 N–H and O–H groups in total. The number of ether oxygens (including phenoxy) is 2. The Morgan fingerprint density at radius 3 is 2.27 bits per heavy atom. The quantitative estimate of drug-likeness (QED) is 0.676. The van der Waals surface area contributed by atoms with Crippen molar-refractivity contribution < 1.29 is 14.3 Å². The van der Waals surface area contributed by atoms with Crippen molar-refractivity contribution in [3.05, 3.63) is 78.6 Å². The van der Waals surface area contributed by atoms with Crippen molar-refractivity contribution in [3.63, 3.8) is 0 Å². The molecule has 3 aromatic rings. The van der Waals surface area contributed by atoms with Gasteiger partial charge in [-0.2, -0.15) is 0 Å². The number of anilines is 2. The van der Waals surface area contributed by atoms with Crippen LogP contribution in [0.3, 0.4) is 0 Å². The highest BCUT2D eigenvalue weighted by Crippen LogP contribution is 2.33. The minimum Gasteiger partial charge on any atom is -0.454 e. The Morgan fingerprint density at radius 1 is 0.923 bits per heavy atom. The molecule has 0 saturated carbocycles. The lowest BCUT2D eigenvalue weighted by Gasteiger charge is -2.18. The Labute approximate surface area is 150 Å². The molecule has 0 bridgehead atoms. The first-order chi connectivity index (χ1) is 12.8. The van der Waals surface area contributed by atoms with E-state index >= 15 is 0 Å². The van der Waals surface area contributed by atoms with Crippen LogP contribution in [0.15, 0.2) is 73.1 Å². The largest absolute Gasteiger partial charge is 0.454 e. The van der Waals surface area contributed by atoms with Gasteiger partial charge < -0.3 is 9.47 Å². The summed E-state index contributed by atoms with van der Waals surface area (Å²) in [6.07, 6.45) is 6.49. The molecule has 1 aliphatic rings. The lowest BCUT2D eigenvalue weighted by Crippen LogP contribution is -2.25. The van der Waals surface area contributed by atoms with Gasteiger partial charge in [-0.05, 0) is 48.0 Å². The molecule has 2 aromatic heterocycles. The summed E-state index contributed by atoms with van der Waals surface area (Å²) in [6, 6.07) is 16.3. The molecule has 6 nitrogen and oxygen atoms in total. The Balaban J connectivity index is 1.62. The summed E-state index contributed by atoms with van der Waals surface area (Å²) in [4.78, 5) is 22.9. The number of hydrogen-bond acceptors (Lipinski definition) is 5. The lowest BCUT2D eigenvalue weighted by molar-refractivity contribution is -0.113. The lowest BCUT2D eigenvalue weighted by atomic mass is 10.2. The zero-order valence-corrected chi connectivity index (χ0v) is 13.8. The average Bonchev–Trinajstić information content (AvgIpc) is 3.16. The molecule has 0 fully saturated rings. The van der Waals surface area contributed by atoms with Gasteiger partial charge in [0.25, 0.3) is 5.91 Å². The van der Waals surface area contributed by atoms with Crippen molar-refractivity contribution in [3.8, 4) is 11.5 Å². The van der Waals surface area contributed by atoms with E-state index in [2.05, 4.69) is 9.97 Å². The molecule has 0 atom stereocenters. The van der Waals surface area contributed by atoms with Gasteiger partial charge in [-0.3, -0.25) is 4.79 Å². The smallest absolute Gasteiger partial charge is 0.257 e. The molecule has 6 heteroatoms. The normalized spacial score (nSPS) is 12.3. The monoisotopic (exact) mass is 345 g/mol. The van der Waals surface area contributed by atoms with E-state index < -0.39 is 0 Å². The van der Waals surface area contributed by atoms with Crippen molar-refractivity contribution in [2.75, 3.05) is 11.7 Å². The van der Waals surface area contributed by atoms with E-state index in [1.54, 1.807) is 42.7 Å². The number of hydrogen-bond donors (Lipinski definition) is 0. The first-order valence-electron chi connectivity index (χ1n) is 8.05. The third-order valence-corrected chi connectivity index (χ3v) is 3.79. The molecule has 3 heterocycles. The van der Waals surface area contributed by atoms with Gasteiger partial charge in [0, 0.05) is 18.5 Å². The van der Waals surface area contributed by atoms with Gasteiger partial charge in [-0.25, -0.2) is 14.9 Å². The highest BCUT2D eigenvalue weighted by molar-refractivity contribution is 6.07. The van der Waals surface area contributed by atoms with Crippen LogP contribution in [0.2, 0.25) is 0 Å². The Morgan fingerprint density at radius 2 is 1.62 bits per heavy atom. The number of rotatable bonds is 4. The highest BCUT2D eigenvalue weighted by atomic mass is 16.7. The van der Waals surface area contributed by atoms with Crippen LogP contribution in [0, 0.1) is 0 Å². The van der Waals surface area contributed by atoms with Crippen LogP contribution in [0.1, 0.15) is 5.56 Å². The number of fused-ring (bicyclic) bond motifs is 1. The second-order valence-electron chi connectivity index (χ2n) is 5.50. The predicted octanol–water partition coefficient (Wildman–Crippen LogP) is 3.58. The Kier molecular flexibility index (Phi) is 4.30. The van der Waals surface area contributed by atoms with Crippen LogP contribution >= 0.6 is 0 Å². The van der Waals surface area contributed by atoms with Gasteiger partial charge in [0.05, 0.1) is 0 Å². The maximum atomic E-state index is 12.9. The summed E-state index contributed by atoms with van der Waals surface area (Å²) in [5.41, 5.74) is 0.838. The van der Waals surface area contributed by atoms with Gasteiger partial charge in [-0.1, -0.05) is 18.2 Å². The molecule has 1 aliphatic heterocycles. The Hall–Kier alpha value is -3.67. The third kappa shape index (κ3) is 3.25. The number of carbonyl (C=O) groups is 1. The number of nitrogens with zero attached hydrogens (tertiary/aromatic N) is 3. The minimum absolute atomic E-state index is 0.217. The van der Waals surface area contributed by atoms with E-state index in [9.17, 15) is 4.79 Å². The fraction of sp³-hybridized carbons (Fsp3) is 0.0500. The summed E-state index contributed by atoms with van der Waals surface area (Å²) in [5.74, 6) is 2.14. The van der Waals surface area contributed by atoms with Crippen LogP contribution in [-0.2, 0) is 4.79 Å². The van der Waals surface area contributed by atoms with E-state index in [1.807, 2.05) is 30.3 Å². The molecule has 4 rings (SSSR count). The first-order valence-corrected chi connectivity index (χ1v) is 8.05. The molecular formula is C20H15N3O3. The van der Waals surface area contributed by atoms with Gasteiger partial charge in [0.15, 0.2) is 11.5 Å². The van der Waals surface area contributed by atoms with Crippen LogP contribution in [0.4, 0.5) is 11.6 Å². The van der Waals surface area contributed by atoms with Crippen LogP contribution < -0.4 is 14.4 Å². The summed E-state index contributed by atoms with van der Waals surface area (Å²) >= 11 is 0. The van der Waals surface area contributed by atoms with Gasteiger partial charge >= 0.3 is 0 Å². The molecule has 128 valence electrons. The molecule has 0 radical (unpaired) electrons. The molecule has 0 aliphatic carbocycles. The van der Waals surface area contributed by atoms with E-state index in [0.29, 0.717) is 23.1 Å². The average molecular weight is 345 g/mol. The van der Waals surface area contributed by atoms with Crippen LogP contribution in [0.25, 0.3) is 6.08 Å². The SMILES string of the molecule is O=C(C=Cc1ccc2c(c1)OCO2)N(c1ccccn1)c1ccccn1. The van der Waals surface area contributed by atoms with Gasteiger partial charge in [0.2, 0.25) is 6.79 Å². The van der Waals surface area contributed by atoms with E-state index in [4.69, 9.17) is 9.47 Å². The molecular weight excluding hydrogens is 330 g/mol. The van der Waals surface area contributed by atoms with Crippen molar-refractivity contribution in [1.29, 1.82) is 0 Å². The first kappa shape index (κ1) is 15.8. The van der Waals surface area contributed by atoms with E-state index in [1.165, 1.54) is 11.0 Å². The zero-order valence-electron chi connectivity index (χ0n) is 13.8. The second kappa shape index (κ2) is 7.06. The fourth-order valence-electron chi connectivity index (χ4n) is 2.57. The van der Waals surface area contributed by atoms with E-state index in [0.717, 1.165) is 5.56 Å². The molecule has 1 amide bonds. The predicted molar refractivity (Wildman–Crippen MR) is 97.2 cm³/mol. The molecule has 0 unspecified atom stereocenters. The number of benzene rings is 1. The summed E-state index contributed by atoms with van der Waals surface area (Å²) in [7, 11) is 0. The molecule has 0 spiro atoms. The number of aromatic nitrogens is 2. The van der Waals surface area contributed by atoms with Crippen molar-refractivity contribution in [2.24, 2.45) is 0 Å². The second-order valence-corrected chi connectivity index (χ2v) is 5.50. The maximum Gasteiger partial charge on any atom is 0.257 e. The zero-order chi connectivity index (χ0) is 17.8. The summed E-state index contributed by atoms with van der Waals surface area (Å²) < 4.78 is 10.7. The van der Waals surface area contributed by atoms with Gasteiger partial charge in [-0.15, -0.1) is 0 Å². The molecule has 1 aromatic carbocycles. The standard InChI is InChI=1S/C20H15N3O3/c24-20(10-8-15-7-9-16-17(13-15)26-14-25-16)23(18-5-1-3-11-21-18)19-6-2-4-12-22-19/h1-13H,14H2. The molecule has 26 heavy (non-hydrogen) atoms. The number of pyridine rings is 2. The molecule has 0 saturated heterocycles. The van der Waals surface area contributed by atoms with Crippen LogP contribution in [0.5, 0.6) is 11.5 Å². The van der Waals surface area contributed by atoms with Crippen molar-refractivity contribution >= 4 is 23.6 Å². The van der Waals surface area contributed by atoms with Crippen molar-refractivity contribution in [1.82, 2.24) is 9.97 Å². The maximum absolute atomic E-state index is 12.9. The third-order valence-electron chi connectivity index (χ3n) is 3.79. The van der Waals surface area contributed by atoms with E-state index in [-0.39, 0.29) is 12.7 Å². The highest BCUT2D eigenvalue weighted by Gasteiger charge is 2.18. The van der Waals surface area contributed by atoms with Crippen molar-refractivity contribution in [2.45, 2.75) is 0 Å². The minimum atomic E-state index is -0.250. The topological polar surface area (TPSA) is 64.6 Å². The Bertz CT molecular complexity index is 904. The summed E-state index contributed by atoms with van der Waals surface area (Å²) in [6.45, 7) is 0.217. The number of amides is 1. The number of carbonyl (C=O) groups excluding carboxylic acids is 1. The van der Waals surface area contributed by atoms with Gasteiger partial charge in [0.1, 0.15) is 11.6 Å². The summed E-state index contributed by atoms with van der Waals surface area (Å²) in [5, 5.41) is 0.